The number of pyridine rings is 1. The number of rotatable bonds is 6. The maximum absolute atomic E-state index is 5.08. The fourth-order valence-corrected chi connectivity index (χ4v) is 7.80. The van der Waals surface area contributed by atoms with Crippen LogP contribution in [0.4, 0.5) is 0 Å². The van der Waals surface area contributed by atoms with Crippen molar-refractivity contribution in [2.24, 2.45) is 0 Å². The molecule has 9 rings (SSSR count). The van der Waals surface area contributed by atoms with Crippen molar-refractivity contribution in [3.8, 4) is 78.1 Å². The van der Waals surface area contributed by atoms with Gasteiger partial charge in [0.2, 0.25) is 0 Å². The second kappa shape index (κ2) is 12.5. The highest BCUT2D eigenvalue weighted by Crippen LogP contribution is 2.52. The molecule has 0 unspecified atom stereocenters. The fraction of sp³-hybridized carbons (Fsp3) is 0.0600. The highest BCUT2D eigenvalue weighted by Gasteiger charge is 2.36. The average molecular weight is 652 g/mol. The third kappa shape index (κ3) is 5.58. The zero-order valence-electron chi connectivity index (χ0n) is 28.8. The van der Waals surface area contributed by atoms with Crippen molar-refractivity contribution in [3.63, 3.8) is 0 Å². The van der Waals surface area contributed by atoms with Crippen molar-refractivity contribution in [1.82, 2.24) is 4.98 Å². The van der Waals surface area contributed by atoms with Gasteiger partial charge in [-0.05, 0) is 91.0 Å². The summed E-state index contributed by atoms with van der Waals surface area (Å²) in [5, 5.41) is 0. The molecule has 0 N–H and O–H groups in total. The van der Waals surface area contributed by atoms with Gasteiger partial charge in [0, 0.05) is 16.5 Å². The van der Waals surface area contributed by atoms with Crippen LogP contribution in [0, 0.1) is 0 Å². The molecule has 1 aliphatic carbocycles. The Hall–Kier alpha value is -6.31. The minimum absolute atomic E-state index is 0.00854. The number of benzene rings is 7. The minimum atomic E-state index is -0.00854. The van der Waals surface area contributed by atoms with Crippen molar-refractivity contribution < 1.29 is 0 Å². The molecule has 0 aliphatic heterocycles. The second-order valence-corrected chi connectivity index (χ2v) is 14.0. The molecule has 1 aromatic heterocycles. The van der Waals surface area contributed by atoms with Crippen molar-refractivity contribution in [3.05, 3.63) is 199 Å². The molecule has 8 aromatic rings. The Labute approximate surface area is 300 Å². The molecule has 0 atom stereocenters. The average Bonchev–Trinajstić information content (AvgIpc) is 3.44. The van der Waals surface area contributed by atoms with Gasteiger partial charge in [0.05, 0.1) is 11.4 Å². The third-order valence-electron chi connectivity index (χ3n) is 10.5. The Morgan fingerprint density at radius 3 is 1.35 bits per heavy atom. The normalized spacial score (nSPS) is 12.7. The quantitative estimate of drug-likeness (QED) is 0.174. The third-order valence-corrected chi connectivity index (χ3v) is 10.5. The van der Waals surface area contributed by atoms with Gasteiger partial charge in [-0.1, -0.05) is 178 Å². The van der Waals surface area contributed by atoms with Crippen LogP contribution < -0.4 is 0 Å². The number of fused-ring (bicyclic) bond motifs is 3. The lowest BCUT2D eigenvalue weighted by Crippen LogP contribution is -2.14. The number of hydrogen-bond acceptors (Lipinski definition) is 1. The Morgan fingerprint density at radius 2 is 0.745 bits per heavy atom. The topological polar surface area (TPSA) is 12.9 Å². The molecule has 1 aliphatic rings. The van der Waals surface area contributed by atoms with Crippen LogP contribution in [0.5, 0.6) is 0 Å². The molecular formula is C50H37N. The van der Waals surface area contributed by atoms with E-state index < -0.39 is 0 Å². The zero-order valence-corrected chi connectivity index (χ0v) is 28.8. The molecule has 0 radical (unpaired) electrons. The smallest absolute Gasteiger partial charge is 0.0715 e. The van der Waals surface area contributed by atoms with E-state index in [4.69, 9.17) is 4.98 Å². The van der Waals surface area contributed by atoms with E-state index >= 15 is 0 Å². The van der Waals surface area contributed by atoms with Gasteiger partial charge in [-0.3, -0.25) is 0 Å². The van der Waals surface area contributed by atoms with Crippen molar-refractivity contribution in [2.45, 2.75) is 19.3 Å². The summed E-state index contributed by atoms with van der Waals surface area (Å²) in [5.74, 6) is 0. The van der Waals surface area contributed by atoms with E-state index in [0.29, 0.717) is 0 Å². The van der Waals surface area contributed by atoms with Crippen LogP contribution >= 0.6 is 0 Å². The summed E-state index contributed by atoms with van der Waals surface area (Å²) in [6.07, 6.45) is 0. The van der Waals surface area contributed by atoms with Crippen LogP contribution in [0.3, 0.4) is 0 Å². The second-order valence-electron chi connectivity index (χ2n) is 14.0. The van der Waals surface area contributed by atoms with Gasteiger partial charge in [-0.25, -0.2) is 4.98 Å². The summed E-state index contributed by atoms with van der Waals surface area (Å²) in [4.78, 5) is 5.08. The SMILES string of the molecule is CC1(C)c2ccccc2-c2c(-c3ccc(-c4cccc(-c5cccc(-c6cc(-c7ccccc7)nc(-c7ccccc7)c6)c5)c4)cc3)cccc21. The first-order valence-corrected chi connectivity index (χ1v) is 17.7. The molecule has 7 aromatic carbocycles. The van der Waals surface area contributed by atoms with Gasteiger partial charge < -0.3 is 0 Å². The summed E-state index contributed by atoms with van der Waals surface area (Å²) in [7, 11) is 0. The van der Waals surface area contributed by atoms with Crippen LogP contribution in [0.1, 0.15) is 25.0 Å². The lowest BCUT2D eigenvalue weighted by atomic mass is 9.82. The van der Waals surface area contributed by atoms with Gasteiger partial charge >= 0.3 is 0 Å². The van der Waals surface area contributed by atoms with Gasteiger partial charge in [0.15, 0.2) is 0 Å². The molecule has 0 amide bonds. The van der Waals surface area contributed by atoms with E-state index in [2.05, 4.69) is 190 Å². The Balaban J connectivity index is 1.05. The van der Waals surface area contributed by atoms with E-state index in [-0.39, 0.29) is 5.41 Å². The highest BCUT2D eigenvalue weighted by atomic mass is 14.7. The van der Waals surface area contributed by atoms with Crippen molar-refractivity contribution in [2.75, 3.05) is 0 Å². The number of hydrogen-bond donors (Lipinski definition) is 0. The van der Waals surface area contributed by atoms with E-state index in [1.807, 2.05) is 12.1 Å². The van der Waals surface area contributed by atoms with E-state index in [1.54, 1.807) is 0 Å². The van der Waals surface area contributed by atoms with Gasteiger partial charge in [0.1, 0.15) is 0 Å². The first-order valence-electron chi connectivity index (χ1n) is 17.7. The summed E-state index contributed by atoms with van der Waals surface area (Å²) in [5.41, 5.74) is 19.3. The monoisotopic (exact) mass is 651 g/mol. The molecular weight excluding hydrogens is 615 g/mol. The van der Waals surface area contributed by atoms with Crippen LogP contribution in [0.15, 0.2) is 188 Å². The lowest BCUT2D eigenvalue weighted by Gasteiger charge is -2.21. The van der Waals surface area contributed by atoms with E-state index in [1.165, 1.54) is 61.2 Å². The highest BCUT2D eigenvalue weighted by molar-refractivity contribution is 5.93. The zero-order chi connectivity index (χ0) is 34.4. The van der Waals surface area contributed by atoms with E-state index in [0.717, 1.165) is 28.1 Å². The van der Waals surface area contributed by atoms with Gasteiger partial charge in [0.25, 0.3) is 0 Å². The predicted molar refractivity (Wildman–Crippen MR) is 214 cm³/mol. The fourth-order valence-electron chi connectivity index (χ4n) is 7.80. The molecule has 0 fully saturated rings. The van der Waals surface area contributed by atoms with Crippen LogP contribution in [-0.4, -0.2) is 4.98 Å². The summed E-state index contributed by atoms with van der Waals surface area (Å²) >= 11 is 0. The van der Waals surface area contributed by atoms with Crippen LogP contribution in [0.25, 0.3) is 78.1 Å². The standard InChI is InChI=1S/C50H37N/c1-50(2)45-24-10-9-22-44(45)49-43(23-13-25-46(49)50)35-28-26-34(27-29-35)38-18-11-19-39(30-38)40-20-12-21-41(31-40)42-32-47(36-14-5-3-6-15-36)51-48(33-42)37-16-7-4-8-17-37/h3-33H,1-2H3. The predicted octanol–water partition coefficient (Wildman–Crippen LogP) is 13.4. The maximum Gasteiger partial charge on any atom is 0.0715 e. The molecule has 1 nitrogen and oxygen atoms in total. The summed E-state index contributed by atoms with van der Waals surface area (Å²) in [6, 6.07) is 67.8. The number of aromatic nitrogens is 1. The molecule has 0 saturated heterocycles. The van der Waals surface area contributed by atoms with Crippen molar-refractivity contribution >= 4 is 0 Å². The molecule has 0 spiro atoms. The number of nitrogens with zero attached hydrogens (tertiary/aromatic N) is 1. The summed E-state index contributed by atoms with van der Waals surface area (Å²) < 4.78 is 0. The maximum atomic E-state index is 5.08. The first-order chi connectivity index (χ1) is 25.0. The molecule has 1 heterocycles. The molecule has 0 saturated carbocycles. The largest absolute Gasteiger partial charge is 0.248 e. The van der Waals surface area contributed by atoms with Gasteiger partial charge in [-0.15, -0.1) is 0 Å². The summed E-state index contributed by atoms with van der Waals surface area (Å²) in [6.45, 7) is 4.68. The van der Waals surface area contributed by atoms with Crippen LogP contribution in [-0.2, 0) is 5.41 Å². The molecule has 51 heavy (non-hydrogen) atoms. The minimum Gasteiger partial charge on any atom is -0.248 e. The molecule has 1 heteroatoms. The van der Waals surface area contributed by atoms with Crippen molar-refractivity contribution in [1.29, 1.82) is 0 Å². The Kier molecular flexibility index (Phi) is 7.55. The first kappa shape index (κ1) is 30.7. The van der Waals surface area contributed by atoms with Gasteiger partial charge in [-0.2, -0.15) is 0 Å². The molecule has 242 valence electrons. The molecule has 0 bridgehead atoms. The Bertz CT molecular complexity index is 2470. The van der Waals surface area contributed by atoms with E-state index in [9.17, 15) is 0 Å². The van der Waals surface area contributed by atoms with Crippen LogP contribution in [0.2, 0.25) is 0 Å². The Morgan fingerprint density at radius 1 is 0.314 bits per heavy atom. The lowest BCUT2D eigenvalue weighted by molar-refractivity contribution is 0.660.